The van der Waals surface area contributed by atoms with Gasteiger partial charge in [-0.25, -0.2) is 4.98 Å². The predicted octanol–water partition coefficient (Wildman–Crippen LogP) is 4.18. The lowest BCUT2D eigenvalue weighted by Gasteiger charge is -2.07. The zero-order valence-corrected chi connectivity index (χ0v) is 12.9. The quantitative estimate of drug-likeness (QED) is 0.526. The van der Waals surface area contributed by atoms with Crippen LogP contribution in [0, 0.1) is 4.64 Å². The Morgan fingerprint density at radius 1 is 1.38 bits per heavy atom. The minimum atomic E-state index is 0.611. The third-order valence-electron chi connectivity index (χ3n) is 3.71. The molecule has 0 radical (unpaired) electrons. The van der Waals surface area contributed by atoms with Gasteiger partial charge in [-0.15, -0.1) is 11.3 Å². The summed E-state index contributed by atoms with van der Waals surface area (Å²) in [5.41, 5.74) is 1.95. The molecule has 106 valence electrons. The van der Waals surface area contributed by atoms with Crippen LogP contribution in [0.4, 0.5) is 0 Å². The van der Waals surface area contributed by atoms with E-state index in [0.717, 1.165) is 34.6 Å². The van der Waals surface area contributed by atoms with E-state index in [1.165, 1.54) is 18.4 Å². The maximum absolute atomic E-state index is 6.02. The van der Waals surface area contributed by atoms with Crippen molar-refractivity contribution >= 4 is 40.9 Å². The molecular weight excluding hydrogens is 302 g/mol. The van der Waals surface area contributed by atoms with Gasteiger partial charge in [-0.3, -0.25) is 0 Å². The predicted molar refractivity (Wildman–Crippen MR) is 86.8 cm³/mol. The minimum Gasteiger partial charge on any atom is -0.442 e. The minimum absolute atomic E-state index is 0.611. The Morgan fingerprint density at radius 3 is 3.14 bits per heavy atom. The van der Waals surface area contributed by atoms with E-state index in [4.69, 9.17) is 16.6 Å². The molecule has 0 fully saturated rings. The normalized spacial score (nSPS) is 14.9. The molecule has 1 aliphatic rings. The highest BCUT2D eigenvalue weighted by molar-refractivity contribution is 7.71. The van der Waals surface area contributed by atoms with Crippen molar-refractivity contribution in [2.45, 2.75) is 25.7 Å². The summed E-state index contributed by atoms with van der Waals surface area (Å²) in [5, 5.41) is 7.45. The van der Waals surface area contributed by atoms with E-state index in [2.05, 4.69) is 10.1 Å². The van der Waals surface area contributed by atoms with Gasteiger partial charge in [0.25, 0.3) is 0 Å². The SMILES string of the molecule is S=c1ncn(N=Cc2cccs2)c2oc3c(c12)CCCC3. The van der Waals surface area contributed by atoms with Crippen molar-refractivity contribution in [3.05, 3.63) is 44.7 Å². The molecule has 0 N–H and O–H groups in total. The molecule has 3 heterocycles. The molecule has 6 heteroatoms. The number of thiophene rings is 1. The molecule has 1 aliphatic carbocycles. The number of rotatable bonds is 2. The van der Waals surface area contributed by atoms with Crippen LogP contribution in [0.15, 0.2) is 33.4 Å². The van der Waals surface area contributed by atoms with E-state index in [1.54, 1.807) is 22.3 Å². The van der Waals surface area contributed by atoms with Crippen LogP contribution in [0.2, 0.25) is 0 Å². The van der Waals surface area contributed by atoms with E-state index in [1.807, 2.05) is 23.7 Å². The Kier molecular flexibility index (Phi) is 3.20. The molecule has 0 bridgehead atoms. The highest BCUT2D eigenvalue weighted by atomic mass is 32.1. The van der Waals surface area contributed by atoms with Crippen molar-refractivity contribution in [3.63, 3.8) is 0 Å². The highest BCUT2D eigenvalue weighted by Crippen LogP contribution is 2.32. The molecule has 0 aliphatic heterocycles. The number of aryl methyl sites for hydroxylation is 2. The van der Waals surface area contributed by atoms with Gasteiger partial charge in [0.1, 0.15) is 16.7 Å². The number of aromatic nitrogens is 2. The molecular formula is C15H13N3OS2. The fourth-order valence-corrected chi connectivity index (χ4v) is 3.56. The Labute approximate surface area is 130 Å². The lowest BCUT2D eigenvalue weighted by atomic mass is 9.97. The molecule has 0 spiro atoms. The number of furan rings is 1. The lowest BCUT2D eigenvalue weighted by Crippen LogP contribution is -1.99. The molecule has 0 saturated heterocycles. The van der Waals surface area contributed by atoms with Crippen molar-refractivity contribution in [3.8, 4) is 0 Å². The molecule has 4 nitrogen and oxygen atoms in total. The zero-order chi connectivity index (χ0) is 14.2. The van der Waals surface area contributed by atoms with Crippen LogP contribution in [0.1, 0.15) is 29.0 Å². The number of hydrogen-bond acceptors (Lipinski definition) is 5. The summed E-state index contributed by atoms with van der Waals surface area (Å²) in [7, 11) is 0. The van der Waals surface area contributed by atoms with Crippen molar-refractivity contribution in [1.82, 2.24) is 9.66 Å². The van der Waals surface area contributed by atoms with Crippen molar-refractivity contribution in [1.29, 1.82) is 0 Å². The largest absolute Gasteiger partial charge is 0.442 e. The van der Waals surface area contributed by atoms with Crippen LogP contribution in [0.25, 0.3) is 11.1 Å². The molecule has 3 aromatic heterocycles. The average Bonchev–Trinajstić information content (AvgIpc) is 3.14. The molecule has 0 unspecified atom stereocenters. The first-order valence-corrected chi connectivity index (χ1v) is 8.21. The van der Waals surface area contributed by atoms with Crippen LogP contribution < -0.4 is 0 Å². The van der Waals surface area contributed by atoms with Gasteiger partial charge in [-0.05, 0) is 30.7 Å². The molecule has 0 aromatic carbocycles. The molecule has 21 heavy (non-hydrogen) atoms. The Bertz CT molecular complexity index is 874. The topological polar surface area (TPSA) is 43.3 Å². The van der Waals surface area contributed by atoms with Gasteiger partial charge < -0.3 is 4.42 Å². The number of nitrogens with zero attached hydrogens (tertiary/aromatic N) is 3. The van der Waals surface area contributed by atoms with Gasteiger partial charge in [0, 0.05) is 16.9 Å². The van der Waals surface area contributed by atoms with Crippen molar-refractivity contribution in [2.24, 2.45) is 5.10 Å². The first kappa shape index (κ1) is 12.9. The Hall–Kier alpha value is -1.79. The van der Waals surface area contributed by atoms with E-state index < -0.39 is 0 Å². The summed E-state index contributed by atoms with van der Waals surface area (Å²) in [5.74, 6) is 1.05. The Balaban J connectivity index is 1.88. The summed E-state index contributed by atoms with van der Waals surface area (Å²) in [6.45, 7) is 0. The van der Waals surface area contributed by atoms with E-state index in [0.29, 0.717) is 4.64 Å². The lowest BCUT2D eigenvalue weighted by molar-refractivity contribution is 0.489. The summed E-state index contributed by atoms with van der Waals surface area (Å²) in [4.78, 5) is 5.39. The van der Waals surface area contributed by atoms with Crippen LogP contribution in [0.3, 0.4) is 0 Å². The standard InChI is InChI=1S/C15H13N3OS2/c20-14-13-11-5-1-2-6-12(11)19-15(13)18(9-16-14)17-8-10-4-3-7-21-10/h3-4,7-9H,1-2,5-6H2. The third-order valence-corrected chi connectivity index (χ3v) is 4.83. The van der Waals surface area contributed by atoms with E-state index in [-0.39, 0.29) is 0 Å². The Morgan fingerprint density at radius 2 is 2.29 bits per heavy atom. The van der Waals surface area contributed by atoms with Crippen molar-refractivity contribution in [2.75, 3.05) is 0 Å². The zero-order valence-electron chi connectivity index (χ0n) is 11.3. The monoisotopic (exact) mass is 315 g/mol. The van der Waals surface area contributed by atoms with Crippen molar-refractivity contribution < 1.29 is 4.42 Å². The van der Waals surface area contributed by atoms with Gasteiger partial charge in [-0.1, -0.05) is 18.3 Å². The van der Waals surface area contributed by atoms with Gasteiger partial charge >= 0.3 is 0 Å². The first-order valence-electron chi connectivity index (χ1n) is 6.93. The van der Waals surface area contributed by atoms with Gasteiger partial charge in [0.15, 0.2) is 0 Å². The van der Waals surface area contributed by atoms with Gasteiger partial charge in [0.2, 0.25) is 5.71 Å². The third kappa shape index (κ3) is 2.24. The first-order chi connectivity index (χ1) is 10.3. The average molecular weight is 315 g/mol. The number of hydrogen-bond donors (Lipinski definition) is 0. The summed E-state index contributed by atoms with van der Waals surface area (Å²) in [6.07, 6.45) is 7.80. The molecule has 3 aromatic rings. The van der Waals surface area contributed by atoms with E-state index in [9.17, 15) is 0 Å². The second-order valence-electron chi connectivity index (χ2n) is 5.05. The molecule has 0 saturated carbocycles. The fourth-order valence-electron chi connectivity index (χ4n) is 2.72. The molecule has 0 atom stereocenters. The van der Waals surface area contributed by atoms with Crippen LogP contribution in [0.5, 0.6) is 0 Å². The van der Waals surface area contributed by atoms with E-state index >= 15 is 0 Å². The summed E-state index contributed by atoms with van der Waals surface area (Å²) < 4.78 is 8.31. The molecule has 4 rings (SSSR count). The van der Waals surface area contributed by atoms with Gasteiger partial charge in [0.05, 0.1) is 11.6 Å². The molecule has 0 amide bonds. The maximum atomic E-state index is 6.02. The van der Waals surface area contributed by atoms with Crippen LogP contribution in [-0.4, -0.2) is 15.9 Å². The summed E-state index contributed by atoms with van der Waals surface area (Å²) in [6, 6.07) is 4.02. The second-order valence-corrected chi connectivity index (χ2v) is 6.41. The number of fused-ring (bicyclic) bond motifs is 3. The van der Waals surface area contributed by atoms with Crippen LogP contribution in [-0.2, 0) is 12.8 Å². The van der Waals surface area contributed by atoms with Crippen LogP contribution >= 0.6 is 23.6 Å². The highest BCUT2D eigenvalue weighted by Gasteiger charge is 2.20. The summed E-state index contributed by atoms with van der Waals surface area (Å²) >= 11 is 7.03. The smallest absolute Gasteiger partial charge is 0.232 e. The fraction of sp³-hybridized carbons (Fsp3) is 0.267. The second kappa shape index (κ2) is 5.20. The maximum Gasteiger partial charge on any atom is 0.232 e. The van der Waals surface area contributed by atoms with Gasteiger partial charge in [-0.2, -0.15) is 9.78 Å².